The first kappa shape index (κ1) is 21.0. The van der Waals surface area contributed by atoms with Crippen LogP contribution in [-0.2, 0) is 18.4 Å². The summed E-state index contributed by atoms with van der Waals surface area (Å²) in [4.78, 5) is 17.5. The molecular formula is C23H22N8O. The smallest absolute Gasteiger partial charge is 0.247 e. The third kappa shape index (κ3) is 5.06. The molecule has 1 atom stereocenters. The van der Waals surface area contributed by atoms with Crippen LogP contribution in [0.4, 0.5) is 5.82 Å². The predicted octanol–water partition coefficient (Wildman–Crippen LogP) is 2.52. The molecule has 32 heavy (non-hydrogen) atoms. The molecule has 0 fully saturated rings. The van der Waals surface area contributed by atoms with Crippen LogP contribution in [-0.4, -0.2) is 37.0 Å². The van der Waals surface area contributed by atoms with Gasteiger partial charge in [-0.05, 0) is 17.7 Å². The van der Waals surface area contributed by atoms with Crippen molar-refractivity contribution in [1.29, 1.82) is 5.26 Å². The average Bonchev–Trinajstić information content (AvgIpc) is 3.46. The fourth-order valence-corrected chi connectivity index (χ4v) is 3.28. The highest BCUT2D eigenvalue weighted by Gasteiger charge is 2.20. The zero-order chi connectivity index (χ0) is 22.3. The zero-order valence-electron chi connectivity index (χ0n) is 17.5. The highest BCUT2D eigenvalue weighted by molar-refractivity contribution is 5.94. The number of amides is 1. The van der Waals surface area contributed by atoms with Crippen molar-refractivity contribution in [3.05, 3.63) is 84.6 Å². The lowest BCUT2D eigenvalue weighted by atomic mass is 10.1. The lowest BCUT2D eigenvalue weighted by Gasteiger charge is -2.19. The zero-order valence-corrected chi connectivity index (χ0v) is 17.5. The molecule has 0 aliphatic carbocycles. The number of nitrogens with zero attached hydrogens (tertiary/aromatic N) is 6. The normalized spacial score (nSPS) is 11.6. The van der Waals surface area contributed by atoms with Gasteiger partial charge in [-0.15, -0.1) is 0 Å². The number of hydrogen-bond acceptors (Lipinski definition) is 6. The lowest BCUT2D eigenvalue weighted by Crippen LogP contribution is -2.35. The predicted molar refractivity (Wildman–Crippen MR) is 119 cm³/mol. The molecule has 3 heterocycles. The average molecular weight is 426 g/mol. The molecular weight excluding hydrogens is 404 g/mol. The SMILES string of the molecule is Cn1cc(-c2ccc(NC(=O)[C@@H](NCCn3cc(C#N)cn3)c3ccccc3)nc2)cn1. The Hall–Kier alpha value is -4.29. The van der Waals surface area contributed by atoms with E-state index in [1.165, 1.54) is 6.20 Å². The molecule has 0 saturated heterocycles. The van der Waals surface area contributed by atoms with Crippen LogP contribution in [0.15, 0.2) is 73.4 Å². The third-order valence-electron chi connectivity index (χ3n) is 4.90. The molecule has 1 aromatic carbocycles. The first-order chi connectivity index (χ1) is 15.6. The third-order valence-corrected chi connectivity index (χ3v) is 4.90. The standard InChI is InChI=1S/C23H22N8O/c1-30-16-20(14-27-30)19-7-8-21(26-13-19)29-23(32)22(18-5-3-2-4-6-18)25-9-10-31-15-17(11-24)12-28-31/h2-8,12-16,22,25H,9-10H2,1H3,(H,26,29,32)/t22-/m0/s1. The Labute approximate surface area is 185 Å². The quantitative estimate of drug-likeness (QED) is 0.448. The summed E-state index contributed by atoms with van der Waals surface area (Å²) in [6, 6.07) is 14.7. The fraction of sp³-hybridized carbons (Fsp3) is 0.174. The van der Waals surface area contributed by atoms with Crippen LogP contribution in [0.25, 0.3) is 11.1 Å². The van der Waals surface area contributed by atoms with E-state index in [4.69, 9.17) is 5.26 Å². The number of benzene rings is 1. The molecule has 0 spiro atoms. The van der Waals surface area contributed by atoms with Crippen LogP contribution in [0.3, 0.4) is 0 Å². The van der Waals surface area contributed by atoms with Crippen molar-refractivity contribution in [3.8, 4) is 17.2 Å². The topological polar surface area (TPSA) is 113 Å². The Morgan fingerprint density at radius 1 is 1.06 bits per heavy atom. The molecule has 0 radical (unpaired) electrons. The minimum Gasteiger partial charge on any atom is -0.309 e. The summed E-state index contributed by atoms with van der Waals surface area (Å²) in [6.07, 6.45) is 8.57. The number of anilines is 1. The number of aryl methyl sites for hydroxylation is 1. The van der Waals surface area contributed by atoms with Crippen LogP contribution < -0.4 is 10.6 Å². The maximum absolute atomic E-state index is 13.1. The van der Waals surface area contributed by atoms with Gasteiger partial charge in [0.05, 0.1) is 24.5 Å². The molecule has 9 heteroatoms. The molecule has 4 rings (SSSR count). The van der Waals surface area contributed by atoms with E-state index in [1.807, 2.05) is 49.6 Å². The monoisotopic (exact) mass is 426 g/mol. The van der Waals surface area contributed by atoms with Crippen molar-refractivity contribution in [2.75, 3.05) is 11.9 Å². The second kappa shape index (κ2) is 9.68. The Morgan fingerprint density at radius 3 is 2.56 bits per heavy atom. The van der Waals surface area contributed by atoms with E-state index >= 15 is 0 Å². The Morgan fingerprint density at radius 2 is 1.91 bits per heavy atom. The van der Waals surface area contributed by atoms with Gasteiger partial charge in [0.15, 0.2) is 0 Å². The van der Waals surface area contributed by atoms with Gasteiger partial charge in [0.25, 0.3) is 0 Å². The van der Waals surface area contributed by atoms with E-state index in [9.17, 15) is 4.79 Å². The van der Waals surface area contributed by atoms with Crippen molar-refractivity contribution in [1.82, 2.24) is 29.9 Å². The van der Waals surface area contributed by atoms with Gasteiger partial charge < -0.3 is 10.6 Å². The van der Waals surface area contributed by atoms with Gasteiger partial charge in [0.2, 0.25) is 5.91 Å². The maximum Gasteiger partial charge on any atom is 0.247 e. The minimum atomic E-state index is -0.568. The van der Waals surface area contributed by atoms with Crippen molar-refractivity contribution >= 4 is 11.7 Å². The summed E-state index contributed by atoms with van der Waals surface area (Å²) in [5.74, 6) is 0.257. The number of hydrogen-bond donors (Lipinski definition) is 2. The van der Waals surface area contributed by atoms with E-state index < -0.39 is 6.04 Å². The van der Waals surface area contributed by atoms with Gasteiger partial charge >= 0.3 is 0 Å². The van der Waals surface area contributed by atoms with Gasteiger partial charge in [-0.25, -0.2) is 4.98 Å². The van der Waals surface area contributed by atoms with Crippen LogP contribution in [0.1, 0.15) is 17.2 Å². The molecule has 0 aliphatic heterocycles. The number of nitrogens with one attached hydrogen (secondary N) is 2. The van der Waals surface area contributed by atoms with Gasteiger partial charge in [0.1, 0.15) is 17.9 Å². The molecule has 4 aromatic rings. The largest absolute Gasteiger partial charge is 0.309 e. The summed E-state index contributed by atoms with van der Waals surface area (Å²) in [5.41, 5.74) is 3.22. The molecule has 0 unspecified atom stereocenters. The Bertz CT molecular complexity index is 1220. The van der Waals surface area contributed by atoms with Crippen molar-refractivity contribution < 1.29 is 4.79 Å². The molecule has 0 aliphatic rings. The molecule has 160 valence electrons. The number of aromatic nitrogens is 5. The number of rotatable bonds is 8. The number of carbonyl (C=O) groups is 1. The highest BCUT2D eigenvalue weighted by atomic mass is 16.2. The minimum absolute atomic E-state index is 0.212. The van der Waals surface area contributed by atoms with E-state index in [-0.39, 0.29) is 5.91 Å². The summed E-state index contributed by atoms with van der Waals surface area (Å²) in [6.45, 7) is 1.02. The highest BCUT2D eigenvalue weighted by Crippen LogP contribution is 2.20. The van der Waals surface area contributed by atoms with E-state index in [0.717, 1.165) is 16.7 Å². The van der Waals surface area contributed by atoms with E-state index in [2.05, 4.69) is 31.9 Å². The first-order valence-corrected chi connectivity index (χ1v) is 10.1. The molecule has 0 saturated carbocycles. The van der Waals surface area contributed by atoms with E-state index in [0.29, 0.717) is 24.5 Å². The maximum atomic E-state index is 13.1. The van der Waals surface area contributed by atoms with Gasteiger partial charge in [-0.3, -0.25) is 14.2 Å². The van der Waals surface area contributed by atoms with Gasteiger partial charge in [0, 0.05) is 43.3 Å². The van der Waals surface area contributed by atoms with Crippen LogP contribution >= 0.6 is 0 Å². The molecule has 3 aromatic heterocycles. The number of carbonyl (C=O) groups excluding carboxylic acids is 1. The summed E-state index contributed by atoms with van der Waals surface area (Å²) < 4.78 is 3.40. The van der Waals surface area contributed by atoms with Crippen LogP contribution in [0, 0.1) is 11.3 Å². The Balaban J connectivity index is 1.43. The molecule has 1 amide bonds. The number of pyridine rings is 1. The summed E-state index contributed by atoms with van der Waals surface area (Å²) in [5, 5.41) is 23.4. The molecule has 9 nitrogen and oxygen atoms in total. The second-order valence-corrected chi connectivity index (χ2v) is 7.23. The second-order valence-electron chi connectivity index (χ2n) is 7.23. The van der Waals surface area contributed by atoms with Gasteiger partial charge in [-0.2, -0.15) is 15.5 Å². The van der Waals surface area contributed by atoms with Crippen LogP contribution in [0.5, 0.6) is 0 Å². The van der Waals surface area contributed by atoms with E-state index in [1.54, 1.807) is 34.0 Å². The Kier molecular flexibility index (Phi) is 6.34. The molecule has 2 N–H and O–H groups in total. The van der Waals surface area contributed by atoms with Crippen molar-refractivity contribution in [3.63, 3.8) is 0 Å². The summed E-state index contributed by atoms with van der Waals surface area (Å²) in [7, 11) is 1.86. The fourth-order valence-electron chi connectivity index (χ4n) is 3.28. The summed E-state index contributed by atoms with van der Waals surface area (Å²) >= 11 is 0. The first-order valence-electron chi connectivity index (χ1n) is 10.1. The van der Waals surface area contributed by atoms with Gasteiger partial charge in [-0.1, -0.05) is 30.3 Å². The lowest BCUT2D eigenvalue weighted by molar-refractivity contribution is -0.118. The molecule has 0 bridgehead atoms. The van der Waals surface area contributed by atoms with Crippen LogP contribution in [0.2, 0.25) is 0 Å². The number of nitriles is 1. The van der Waals surface area contributed by atoms with Crippen molar-refractivity contribution in [2.45, 2.75) is 12.6 Å². The van der Waals surface area contributed by atoms with Crippen molar-refractivity contribution in [2.24, 2.45) is 7.05 Å².